The minimum atomic E-state index is -2.17. The van der Waals surface area contributed by atoms with E-state index in [0.29, 0.717) is 12.3 Å². The highest BCUT2D eigenvalue weighted by Gasteiger charge is 2.33. The summed E-state index contributed by atoms with van der Waals surface area (Å²) in [6, 6.07) is 0. The summed E-state index contributed by atoms with van der Waals surface area (Å²) in [5.41, 5.74) is 0. The molecule has 0 heterocycles. The van der Waals surface area contributed by atoms with E-state index >= 15 is 0 Å². The third-order valence-corrected chi connectivity index (χ3v) is 3.63. The maximum atomic E-state index is 9.38. The fourth-order valence-corrected chi connectivity index (χ4v) is 1.35. The molecule has 0 radical (unpaired) electrons. The highest BCUT2D eigenvalue weighted by Crippen LogP contribution is 2.54. The first kappa shape index (κ1) is 8.75. The third kappa shape index (κ3) is 2.70. The van der Waals surface area contributed by atoms with Crippen LogP contribution in [0.2, 0.25) is 0 Å². The van der Waals surface area contributed by atoms with Crippen molar-refractivity contribution in [2.75, 3.05) is 12.3 Å². The van der Waals surface area contributed by atoms with E-state index in [2.05, 4.69) is 0 Å². The highest BCUT2D eigenvalue weighted by atomic mass is 31.2. The Bertz CT molecular complexity index is 113. The molecule has 0 aliphatic heterocycles. The van der Waals surface area contributed by atoms with E-state index in [1.165, 1.54) is 0 Å². The third-order valence-electron chi connectivity index (χ3n) is 1.21. The van der Waals surface area contributed by atoms with Gasteiger partial charge in [0.1, 0.15) is 12.3 Å². The molecule has 0 amide bonds. The van der Waals surface area contributed by atoms with Crippen LogP contribution in [0.1, 0.15) is 13.8 Å². The summed E-state index contributed by atoms with van der Waals surface area (Å²) in [5, 5.41) is 0. The summed E-state index contributed by atoms with van der Waals surface area (Å²) in [7, 11) is -2.17. The van der Waals surface area contributed by atoms with Crippen LogP contribution in [0.15, 0.2) is 0 Å². The average molecular weight is 147 g/mol. The van der Waals surface area contributed by atoms with Gasteiger partial charge in [-0.15, -0.1) is 0 Å². The van der Waals surface area contributed by atoms with Gasteiger partial charge in [0.05, 0.1) is 0 Å². The van der Waals surface area contributed by atoms with Crippen LogP contribution in [-0.2, 0) is 4.52 Å². The molecule has 0 fully saturated rings. The van der Waals surface area contributed by atoms with Crippen molar-refractivity contribution < 1.29 is 9.42 Å². The van der Waals surface area contributed by atoms with Gasteiger partial charge >= 0.3 is 7.72 Å². The van der Waals surface area contributed by atoms with Crippen molar-refractivity contribution in [1.82, 2.24) is 0 Å². The van der Waals surface area contributed by atoms with Crippen LogP contribution in [0, 0.1) is 12.5 Å². The van der Waals surface area contributed by atoms with Crippen molar-refractivity contribution in [2.45, 2.75) is 13.8 Å². The lowest BCUT2D eigenvalue weighted by Crippen LogP contribution is -1.98. The van der Waals surface area contributed by atoms with E-state index in [9.17, 15) is 4.89 Å². The summed E-state index contributed by atoms with van der Waals surface area (Å²) in [6.45, 7) is 3.74. The molecular weight excluding hydrogens is 135 g/mol. The Morgan fingerprint density at radius 1 is 1.56 bits per heavy atom. The lowest BCUT2D eigenvalue weighted by atomic mass is 11.0. The molecule has 0 saturated carbocycles. The van der Waals surface area contributed by atoms with Crippen LogP contribution in [0.5, 0.6) is 0 Å². The van der Waals surface area contributed by atoms with Gasteiger partial charge in [-0.25, -0.2) is 4.89 Å². The zero-order valence-corrected chi connectivity index (χ0v) is 6.69. The maximum absolute atomic E-state index is 9.38. The SMILES string of the molecule is C#CO[P+](O)(CC)CC. The monoisotopic (exact) mass is 147 g/mol. The Balaban J connectivity index is 3.80. The molecule has 0 aliphatic carbocycles. The number of hydrogen-bond donors (Lipinski definition) is 1. The second-order valence-electron chi connectivity index (χ2n) is 1.69. The van der Waals surface area contributed by atoms with Crippen LogP contribution in [0.25, 0.3) is 0 Å². The first-order valence-corrected chi connectivity index (χ1v) is 4.95. The van der Waals surface area contributed by atoms with Gasteiger partial charge < -0.3 is 0 Å². The topological polar surface area (TPSA) is 29.5 Å². The largest absolute Gasteiger partial charge is 0.329 e. The van der Waals surface area contributed by atoms with Crippen molar-refractivity contribution in [1.29, 1.82) is 0 Å². The minimum Gasteiger partial charge on any atom is -0.270 e. The van der Waals surface area contributed by atoms with Crippen LogP contribution < -0.4 is 0 Å². The lowest BCUT2D eigenvalue weighted by Gasteiger charge is -2.10. The van der Waals surface area contributed by atoms with Gasteiger partial charge in [-0.05, 0) is 13.8 Å². The Hall–Kier alpha value is -0.250. The summed E-state index contributed by atoms with van der Waals surface area (Å²) >= 11 is 0. The van der Waals surface area contributed by atoms with Gasteiger partial charge in [-0.2, -0.15) is 0 Å². The highest BCUT2D eigenvalue weighted by molar-refractivity contribution is 7.65. The van der Waals surface area contributed by atoms with E-state index in [4.69, 9.17) is 10.9 Å². The van der Waals surface area contributed by atoms with Crippen molar-refractivity contribution in [3.05, 3.63) is 0 Å². The van der Waals surface area contributed by atoms with Gasteiger partial charge in [-0.3, -0.25) is 4.52 Å². The lowest BCUT2D eigenvalue weighted by molar-refractivity contribution is 0.435. The molecule has 52 valence electrons. The minimum absolute atomic E-state index is 0.633. The molecular formula is C6H12O2P+. The zero-order chi connectivity index (χ0) is 7.33. The molecule has 0 aromatic heterocycles. The molecule has 0 rings (SSSR count). The summed E-state index contributed by atoms with van der Waals surface area (Å²) in [4.78, 5) is 9.38. The molecule has 1 N–H and O–H groups in total. The molecule has 0 aromatic rings. The van der Waals surface area contributed by atoms with Gasteiger partial charge in [0.25, 0.3) is 0 Å². The maximum Gasteiger partial charge on any atom is 0.329 e. The average Bonchev–Trinajstić information content (AvgIpc) is 1.89. The van der Waals surface area contributed by atoms with E-state index in [-0.39, 0.29) is 0 Å². The van der Waals surface area contributed by atoms with Gasteiger partial charge in [-0.1, -0.05) is 6.42 Å². The predicted octanol–water partition coefficient (Wildman–Crippen LogP) is 1.47. The van der Waals surface area contributed by atoms with E-state index in [1.807, 2.05) is 20.0 Å². The molecule has 0 bridgehead atoms. The van der Waals surface area contributed by atoms with Gasteiger partial charge in [0.2, 0.25) is 0 Å². The summed E-state index contributed by atoms with van der Waals surface area (Å²) < 4.78 is 4.72. The van der Waals surface area contributed by atoms with E-state index in [1.54, 1.807) is 0 Å². The molecule has 0 aliphatic rings. The number of hydrogen-bond acceptors (Lipinski definition) is 2. The molecule has 0 unspecified atom stereocenters. The van der Waals surface area contributed by atoms with Crippen LogP contribution in [0.4, 0.5) is 0 Å². The van der Waals surface area contributed by atoms with Crippen molar-refractivity contribution >= 4 is 7.72 Å². The first-order valence-electron chi connectivity index (χ1n) is 2.92. The van der Waals surface area contributed by atoms with Crippen molar-refractivity contribution in [2.24, 2.45) is 0 Å². The Morgan fingerprint density at radius 2 is 2.00 bits per heavy atom. The molecule has 0 atom stereocenters. The molecule has 0 aromatic carbocycles. The first-order chi connectivity index (χ1) is 4.18. The van der Waals surface area contributed by atoms with E-state index < -0.39 is 7.72 Å². The fraction of sp³-hybridized carbons (Fsp3) is 0.667. The van der Waals surface area contributed by atoms with Crippen LogP contribution in [0.3, 0.4) is 0 Å². The Kier molecular flexibility index (Phi) is 3.61. The quantitative estimate of drug-likeness (QED) is 0.484. The van der Waals surface area contributed by atoms with Crippen molar-refractivity contribution in [3.8, 4) is 12.5 Å². The molecule has 2 nitrogen and oxygen atoms in total. The fourth-order valence-electron chi connectivity index (χ4n) is 0.451. The summed E-state index contributed by atoms with van der Waals surface area (Å²) in [5.74, 6) is 0. The smallest absolute Gasteiger partial charge is 0.270 e. The van der Waals surface area contributed by atoms with Gasteiger partial charge in [0.15, 0.2) is 6.11 Å². The Morgan fingerprint density at radius 3 is 2.11 bits per heavy atom. The number of rotatable bonds is 3. The van der Waals surface area contributed by atoms with Crippen molar-refractivity contribution in [3.63, 3.8) is 0 Å². The molecule has 0 spiro atoms. The molecule has 0 saturated heterocycles. The summed E-state index contributed by atoms with van der Waals surface area (Å²) in [6.07, 6.45) is 8.14. The van der Waals surface area contributed by atoms with Crippen LogP contribution in [-0.4, -0.2) is 17.2 Å². The molecule has 9 heavy (non-hydrogen) atoms. The standard InChI is InChI=1S/C6H12O2P/c1-4-8-9(7,5-2)6-3/h1,7H,5-6H2,2-3H3/q+1. The zero-order valence-electron chi connectivity index (χ0n) is 5.79. The van der Waals surface area contributed by atoms with E-state index in [0.717, 1.165) is 0 Å². The van der Waals surface area contributed by atoms with Crippen LogP contribution >= 0.6 is 7.72 Å². The normalized spacial score (nSPS) is 10.4. The molecule has 3 heteroatoms. The van der Waals surface area contributed by atoms with Gasteiger partial charge in [0, 0.05) is 0 Å². The number of terminal acetylenes is 1. The second kappa shape index (κ2) is 3.71. The predicted molar refractivity (Wildman–Crippen MR) is 40.1 cm³/mol. The Labute approximate surface area is 56.7 Å². The second-order valence-corrected chi connectivity index (χ2v) is 4.83.